The predicted molar refractivity (Wildman–Crippen MR) is 40.1 cm³/mol. The maximum atomic E-state index is 4.50. The summed E-state index contributed by atoms with van der Waals surface area (Å²) >= 11 is 0. The van der Waals surface area contributed by atoms with Gasteiger partial charge in [-0.05, 0) is 38.1 Å². The maximum Gasteiger partial charge on any atom is -0.0195 e. The van der Waals surface area contributed by atoms with Crippen LogP contribution in [0.4, 0.5) is 0 Å². The van der Waals surface area contributed by atoms with Gasteiger partial charge in [-0.2, -0.15) is 0 Å². The number of hydrogen-bond donors (Lipinski definition) is 1. The molecule has 0 aromatic heterocycles. The highest BCUT2D eigenvalue weighted by Crippen LogP contribution is 2.38. The number of rotatable bonds is 0. The summed E-state index contributed by atoms with van der Waals surface area (Å²) in [5.41, 5.74) is 4.50. The molecule has 2 N–H and O–H groups in total. The van der Waals surface area contributed by atoms with Gasteiger partial charge >= 0.3 is 0 Å². The van der Waals surface area contributed by atoms with Crippen molar-refractivity contribution in [2.24, 2.45) is 17.6 Å². The first kappa shape index (κ1) is 6.81. The quantitative estimate of drug-likeness (QED) is 0.488. The molecule has 1 heteroatoms. The minimum Gasteiger partial charge on any atom is -0.333 e. The summed E-state index contributed by atoms with van der Waals surface area (Å²) in [6, 6.07) is 0. The number of allylic oxidation sites excluding steroid dienone is 2. The minimum atomic E-state index is 0.991. The highest BCUT2D eigenvalue weighted by Gasteiger charge is 2.25. The van der Waals surface area contributed by atoms with Crippen LogP contribution in [0.15, 0.2) is 12.2 Å². The van der Waals surface area contributed by atoms with Crippen molar-refractivity contribution in [2.75, 3.05) is 7.05 Å². The Morgan fingerprint density at radius 1 is 1.11 bits per heavy atom. The van der Waals surface area contributed by atoms with Crippen molar-refractivity contribution in [3.63, 3.8) is 0 Å². The van der Waals surface area contributed by atoms with E-state index in [0.29, 0.717) is 0 Å². The van der Waals surface area contributed by atoms with Crippen LogP contribution in [0.2, 0.25) is 0 Å². The average Bonchev–Trinajstić information content (AvgIpc) is 2.53. The molecule has 2 bridgehead atoms. The largest absolute Gasteiger partial charge is 0.333 e. The Hall–Kier alpha value is -0.300. The molecule has 52 valence electrons. The normalized spacial score (nSPS) is 36.2. The minimum absolute atomic E-state index is 0.991. The summed E-state index contributed by atoms with van der Waals surface area (Å²) in [6.45, 7) is 0. The molecule has 2 aliphatic rings. The van der Waals surface area contributed by atoms with E-state index in [1.54, 1.807) is 0 Å². The first-order chi connectivity index (χ1) is 4.45. The number of nitrogens with two attached hydrogens (primary N) is 1. The van der Waals surface area contributed by atoms with Gasteiger partial charge in [-0.15, -0.1) is 0 Å². The summed E-state index contributed by atoms with van der Waals surface area (Å²) < 4.78 is 0. The Morgan fingerprint density at radius 3 is 1.67 bits per heavy atom. The average molecular weight is 125 g/mol. The molecule has 2 unspecified atom stereocenters. The fourth-order valence-corrected chi connectivity index (χ4v) is 1.72. The Bertz CT molecular complexity index is 95.1. The molecule has 1 saturated carbocycles. The van der Waals surface area contributed by atoms with Crippen LogP contribution in [0.25, 0.3) is 0 Å². The second-order valence-corrected chi connectivity index (χ2v) is 2.72. The van der Waals surface area contributed by atoms with E-state index in [4.69, 9.17) is 0 Å². The highest BCUT2D eigenvalue weighted by molar-refractivity contribution is 5.06. The van der Waals surface area contributed by atoms with Gasteiger partial charge in [0.25, 0.3) is 0 Å². The molecule has 2 rings (SSSR count). The van der Waals surface area contributed by atoms with Crippen LogP contribution in [0, 0.1) is 11.8 Å². The van der Waals surface area contributed by atoms with E-state index in [-0.39, 0.29) is 0 Å². The monoisotopic (exact) mass is 125 g/mol. The molecule has 0 radical (unpaired) electrons. The lowest BCUT2D eigenvalue weighted by atomic mass is 10.1. The fraction of sp³-hybridized carbons (Fsp3) is 0.750. The summed E-state index contributed by atoms with van der Waals surface area (Å²) in [5.74, 6) is 1.98. The van der Waals surface area contributed by atoms with Crippen molar-refractivity contribution in [3.05, 3.63) is 12.2 Å². The second-order valence-electron chi connectivity index (χ2n) is 2.72. The molecule has 1 fully saturated rings. The van der Waals surface area contributed by atoms with Crippen LogP contribution in [-0.2, 0) is 0 Å². The van der Waals surface area contributed by atoms with Crippen molar-refractivity contribution < 1.29 is 0 Å². The smallest absolute Gasteiger partial charge is 0.0195 e. The van der Waals surface area contributed by atoms with E-state index >= 15 is 0 Å². The van der Waals surface area contributed by atoms with Gasteiger partial charge in [0.15, 0.2) is 0 Å². The lowest BCUT2D eigenvalue weighted by Crippen LogP contribution is -1.82. The number of fused-ring (bicyclic) bond motifs is 2. The van der Waals surface area contributed by atoms with Crippen molar-refractivity contribution in [1.82, 2.24) is 0 Å². The molecule has 2 atom stereocenters. The van der Waals surface area contributed by atoms with Gasteiger partial charge in [0.1, 0.15) is 0 Å². The van der Waals surface area contributed by atoms with Gasteiger partial charge in [0.05, 0.1) is 0 Å². The van der Waals surface area contributed by atoms with E-state index < -0.39 is 0 Å². The Balaban J connectivity index is 0.000000186. The SMILES string of the molecule is C1=CC2CCC1C2.CN. The summed E-state index contributed by atoms with van der Waals surface area (Å²) in [7, 11) is 1.50. The van der Waals surface area contributed by atoms with Crippen LogP contribution in [-0.4, -0.2) is 7.05 Å². The van der Waals surface area contributed by atoms with Crippen LogP contribution in [0.5, 0.6) is 0 Å². The second kappa shape index (κ2) is 3.02. The third-order valence-corrected chi connectivity index (χ3v) is 2.17. The van der Waals surface area contributed by atoms with Gasteiger partial charge in [0, 0.05) is 0 Å². The molecular weight excluding hydrogens is 110 g/mol. The molecule has 0 aromatic carbocycles. The molecule has 0 aromatic rings. The molecule has 9 heavy (non-hydrogen) atoms. The zero-order chi connectivity index (χ0) is 6.69. The zero-order valence-corrected chi connectivity index (χ0v) is 6.01. The van der Waals surface area contributed by atoms with E-state index in [1.165, 1.54) is 26.3 Å². The predicted octanol–water partition coefficient (Wildman–Crippen LogP) is 1.55. The van der Waals surface area contributed by atoms with Crippen LogP contribution >= 0.6 is 0 Å². The van der Waals surface area contributed by atoms with Gasteiger partial charge in [0.2, 0.25) is 0 Å². The van der Waals surface area contributed by atoms with Crippen molar-refractivity contribution in [2.45, 2.75) is 19.3 Å². The summed E-state index contributed by atoms with van der Waals surface area (Å²) in [5, 5.41) is 0. The fourth-order valence-electron chi connectivity index (χ4n) is 1.72. The molecule has 0 spiro atoms. The summed E-state index contributed by atoms with van der Waals surface area (Å²) in [4.78, 5) is 0. The Kier molecular flexibility index (Phi) is 2.29. The van der Waals surface area contributed by atoms with E-state index in [2.05, 4.69) is 17.9 Å². The first-order valence-electron chi connectivity index (χ1n) is 3.71. The van der Waals surface area contributed by atoms with Gasteiger partial charge in [-0.25, -0.2) is 0 Å². The maximum absolute atomic E-state index is 4.50. The van der Waals surface area contributed by atoms with Crippen molar-refractivity contribution >= 4 is 0 Å². The molecular formula is C8H15N. The molecule has 0 heterocycles. The lowest BCUT2D eigenvalue weighted by molar-refractivity contribution is 0.691. The standard InChI is InChI=1S/C7H10.CH5N/c1-2-7-4-3-6(1)5-7;1-2/h1-2,6-7H,3-5H2;2H2,1H3. The molecule has 0 aliphatic heterocycles. The molecule has 2 aliphatic carbocycles. The first-order valence-corrected chi connectivity index (χ1v) is 3.71. The van der Waals surface area contributed by atoms with Crippen molar-refractivity contribution in [3.8, 4) is 0 Å². The Labute approximate surface area is 56.9 Å². The van der Waals surface area contributed by atoms with Crippen molar-refractivity contribution in [1.29, 1.82) is 0 Å². The third-order valence-electron chi connectivity index (χ3n) is 2.17. The molecule has 0 saturated heterocycles. The lowest BCUT2D eigenvalue weighted by Gasteiger charge is -1.96. The van der Waals surface area contributed by atoms with Crippen LogP contribution < -0.4 is 5.73 Å². The van der Waals surface area contributed by atoms with Gasteiger partial charge < -0.3 is 5.73 Å². The highest BCUT2D eigenvalue weighted by atomic mass is 14.4. The topological polar surface area (TPSA) is 26.0 Å². The summed E-state index contributed by atoms with van der Waals surface area (Å²) in [6.07, 6.45) is 9.19. The van der Waals surface area contributed by atoms with E-state index in [9.17, 15) is 0 Å². The third kappa shape index (κ3) is 1.33. The van der Waals surface area contributed by atoms with Crippen LogP contribution in [0.3, 0.4) is 0 Å². The van der Waals surface area contributed by atoms with E-state index in [0.717, 1.165) is 11.8 Å². The zero-order valence-electron chi connectivity index (χ0n) is 6.01. The molecule has 0 amide bonds. The Morgan fingerprint density at radius 2 is 1.56 bits per heavy atom. The van der Waals surface area contributed by atoms with E-state index in [1.807, 2.05) is 0 Å². The molecule has 1 nitrogen and oxygen atoms in total. The van der Waals surface area contributed by atoms with Gasteiger partial charge in [-0.1, -0.05) is 12.2 Å². The number of hydrogen-bond acceptors (Lipinski definition) is 1. The van der Waals surface area contributed by atoms with Gasteiger partial charge in [-0.3, -0.25) is 0 Å². The van der Waals surface area contributed by atoms with Crippen LogP contribution in [0.1, 0.15) is 19.3 Å².